The summed E-state index contributed by atoms with van der Waals surface area (Å²) >= 11 is 0. The number of hydroxylamine groups is 1. The third-order valence-electron chi connectivity index (χ3n) is 5.41. The van der Waals surface area contributed by atoms with Crippen LogP contribution in [0.15, 0.2) is 78.0 Å². The molecule has 8 nitrogen and oxygen atoms in total. The highest BCUT2D eigenvalue weighted by Gasteiger charge is 2.18. The summed E-state index contributed by atoms with van der Waals surface area (Å²) in [6.07, 6.45) is 5.35. The lowest BCUT2D eigenvalue weighted by Crippen LogP contribution is -2.35. The second-order valence-corrected chi connectivity index (χ2v) is 9.55. The molecule has 2 aromatic carbocycles. The third-order valence-corrected chi connectivity index (χ3v) is 7.04. The van der Waals surface area contributed by atoms with Crippen molar-refractivity contribution < 1.29 is 23.2 Å². The van der Waals surface area contributed by atoms with Gasteiger partial charge >= 0.3 is 0 Å². The Hall–Kier alpha value is -3.24. The van der Waals surface area contributed by atoms with Gasteiger partial charge in [-0.2, -0.15) is 0 Å². The second-order valence-electron chi connectivity index (χ2n) is 7.71. The average molecular weight is 468 g/mol. The van der Waals surface area contributed by atoms with E-state index in [1.165, 1.54) is 23.9 Å². The molecule has 0 spiro atoms. The zero-order chi connectivity index (χ0) is 23.3. The fourth-order valence-electron chi connectivity index (χ4n) is 3.67. The fourth-order valence-corrected chi connectivity index (χ4v) is 4.93. The van der Waals surface area contributed by atoms with E-state index in [1.807, 2.05) is 18.2 Å². The van der Waals surface area contributed by atoms with E-state index in [-0.39, 0.29) is 4.90 Å². The summed E-state index contributed by atoms with van der Waals surface area (Å²) < 4.78 is 32.8. The molecule has 0 atom stereocenters. The number of rotatable bonds is 7. The number of carbonyl (C=O) groups is 1. The van der Waals surface area contributed by atoms with E-state index in [0.29, 0.717) is 5.56 Å². The molecule has 0 saturated carbocycles. The second kappa shape index (κ2) is 10.1. The minimum atomic E-state index is -3.81. The molecule has 2 N–H and O–H groups in total. The average Bonchev–Trinajstić information content (AvgIpc) is 3.33. The number of hydrogen-bond donors (Lipinski definition) is 2. The van der Waals surface area contributed by atoms with Crippen LogP contribution in [-0.2, 0) is 26.1 Å². The maximum atomic E-state index is 13.2. The molecule has 1 aliphatic rings. The molecular weight excluding hydrogens is 442 g/mol. The summed E-state index contributed by atoms with van der Waals surface area (Å²) in [7, 11) is -3.81. The Balaban J connectivity index is 1.56. The Morgan fingerprint density at radius 1 is 1.06 bits per heavy atom. The van der Waals surface area contributed by atoms with Crippen LogP contribution in [0.2, 0.25) is 0 Å². The molecule has 0 bridgehead atoms. The first-order chi connectivity index (χ1) is 16.0. The maximum absolute atomic E-state index is 13.2. The minimum absolute atomic E-state index is 0.165. The normalized spacial score (nSPS) is 15.1. The molecule has 0 aliphatic carbocycles. The van der Waals surface area contributed by atoms with Crippen molar-refractivity contribution in [1.29, 1.82) is 0 Å². The Morgan fingerprint density at radius 2 is 1.79 bits per heavy atom. The van der Waals surface area contributed by atoms with Gasteiger partial charge in [0.05, 0.1) is 18.1 Å². The zero-order valence-electron chi connectivity index (χ0n) is 17.9. The van der Waals surface area contributed by atoms with Crippen molar-refractivity contribution in [3.63, 3.8) is 0 Å². The number of hydrogen-bond acceptors (Lipinski definition) is 6. The Morgan fingerprint density at radius 3 is 2.55 bits per heavy atom. The highest BCUT2D eigenvalue weighted by molar-refractivity contribution is 7.90. The van der Waals surface area contributed by atoms with Gasteiger partial charge in [-0.3, -0.25) is 14.9 Å². The highest BCUT2D eigenvalue weighted by atomic mass is 32.2. The van der Waals surface area contributed by atoms with Gasteiger partial charge in [-0.25, -0.2) is 17.9 Å². The van der Waals surface area contributed by atoms with Crippen molar-refractivity contribution in [3.8, 4) is 11.1 Å². The maximum Gasteiger partial charge on any atom is 0.267 e. The fraction of sp³-hybridized carbons (Fsp3) is 0.208. The number of morpholine rings is 1. The van der Waals surface area contributed by atoms with Gasteiger partial charge in [0.15, 0.2) is 0 Å². The third kappa shape index (κ3) is 5.58. The van der Waals surface area contributed by atoms with E-state index in [2.05, 4.69) is 17.0 Å². The van der Waals surface area contributed by atoms with E-state index in [1.54, 1.807) is 24.3 Å². The summed E-state index contributed by atoms with van der Waals surface area (Å²) in [4.78, 5) is 13.6. The van der Waals surface area contributed by atoms with Crippen LogP contribution in [0.3, 0.4) is 0 Å². The van der Waals surface area contributed by atoms with Crippen LogP contribution in [0.1, 0.15) is 11.1 Å². The Bertz CT molecular complexity index is 1260. The summed E-state index contributed by atoms with van der Waals surface area (Å²) in [5.74, 6) is -0.700. The SMILES string of the molecule is O=C(/C=C/c1ccn(S(=O)(=O)c2cccc(-c3cccc(CN4CCOCC4)c3)c2)c1)NO. The van der Waals surface area contributed by atoms with Crippen molar-refractivity contribution in [2.45, 2.75) is 11.4 Å². The molecule has 1 aliphatic heterocycles. The zero-order valence-corrected chi connectivity index (χ0v) is 18.7. The topological polar surface area (TPSA) is 101 Å². The van der Waals surface area contributed by atoms with E-state index in [4.69, 9.17) is 9.94 Å². The van der Waals surface area contributed by atoms with Gasteiger partial charge < -0.3 is 4.74 Å². The smallest absolute Gasteiger partial charge is 0.267 e. The molecule has 1 saturated heterocycles. The lowest BCUT2D eigenvalue weighted by atomic mass is 10.0. The highest BCUT2D eigenvalue weighted by Crippen LogP contribution is 2.25. The van der Waals surface area contributed by atoms with E-state index in [9.17, 15) is 13.2 Å². The van der Waals surface area contributed by atoms with Gasteiger partial charge in [-0.05, 0) is 52.6 Å². The minimum Gasteiger partial charge on any atom is -0.379 e. The summed E-state index contributed by atoms with van der Waals surface area (Å²) in [6.45, 7) is 4.10. The van der Waals surface area contributed by atoms with Gasteiger partial charge in [0.2, 0.25) is 0 Å². The number of aromatic nitrogens is 1. The van der Waals surface area contributed by atoms with E-state index < -0.39 is 15.9 Å². The molecule has 172 valence electrons. The van der Waals surface area contributed by atoms with E-state index in [0.717, 1.165) is 59.6 Å². The number of carbonyl (C=O) groups excluding carboxylic acids is 1. The molecule has 1 aromatic heterocycles. The number of benzene rings is 2. The van der Waals surface area contributed by atoms with Crippen LogP contribution in [0, 0.1) is 0 Å². The van der Waals surface area contributed by atoms with Crippen molar-refractivity contribution >= 4 is 22.0 Å². The largest absolute Gasteiger partial charge is 0.379 e. The number of nitrogens with one attached hydrogen (secondary N) is 1. The van der Waals surface area contributed by atoms with Gasteiger partial charge in [0, 0.05) is 38.1 Å². The number of ether oxygens (including phenoxy) is 1. The van der Waals surface area contributed by atoms with Crippen LogP contribution >= 0.6 is 0 Å². The lowest BCUT2D eigenvalue weighted by molar-refractivity contribution is -0.124. The Kier molecular flexibility index (Phi) is 7.05. The molecule has 9 heteroatoms. The van der Waals surface area contributed by atoms with Crippen LogP contribution < -0.4 is 5.48 Å². The van der Waals surface area contributed by atoms with Crippen LogP contribution in [0.4, 0.5) is 0 Å². The van der Waals surface area contributed by atoms with Crippen molar-refractivity contribution in [2.75, 3.05) is 26.3 Å². The van der Waals surface area contributed by atoms with Crippen LogP contribution in [0.25, 0.3) is 17.2 Å². The summed E-state index contributed by atoms with van der Waals surface area (Å²) in [5.41, 5.74) is 4.92. The summed E-state index contributed by atoms with van der Waals surface area (Å²) in [6, 6.07) is 16.5. The predicted molar refractivity (Wildman–Crippen MR) is 124 cm³/mol. The Labute approximate surface area is 192 Å². The summed E-state index contributed by atoms with van der Waals surface area (Å²) in [5, 5.41) is 8.56. The molecule has 1 amide bonds. The molecule has 33 heavy (non-hydrogen) atoms. The first-order valence-corrected chi connectivity index (χ1v) is 11.9. The lowest BCUT2D eigenvalue weighted by Gasteiger charge is -2.26. The molecule has 0 radical (unpaired) electrons. The van der Waals surface area contributed by atoms with E-state index >= 15 is 0 Å². The quantitative estimate of drug-likeness (QED) is 0.315. The molecule has 1 fully saturated rings. The van der Waals surface area contributed by atoms with Crippen molar-refractivity contribution in [2.24, 2.45) is 0 Å². The van der Waals surface area contributed by atoms with Crippen LogP contribution in [0.5, 0.6) is 0 Å². The van der Waals surface area contributed by atoms with Crippen LogP contribution in [-0.4, -0.2) is 54.7 Å². The molecule has 0 unspecified atom stereocenters. The van der Waals surface area contributed by atoms with Gasteiger partial charge in [-0.1, -0.05) is 30.3 Å². The monoisotopic (exact) mass is 467 g/mol. The standard InChI is InChI=1S/C24H25N3O5S/c28-24(25-29)8-7-19-9-10-27(18-19)33(30,31)23-6-2-5-22(16-23)21-4-1-3-20(15-21)17-26-11-13-32-14-12-26/h1-10,15-16,18,29H,11-14,17H2,(H,25,28)/b8-7+. The predicted octanol–water partition coefficient (Wildman–Crippen LogP) is 2.74. The first kappa shape index (κ1) is 22.9. The molecule has 4 rings (SSSR count). The molecule has 2 heterocycles. The number of nitrogens with zero attached hydrogens (tertiary/aromatic N) is 2. The van der Waals surface area contributed by atoms with Gasteiger partial charge in [-0.15, -0.1) is 0 Å². The van der Waals surface area contributed by atoms with Crippen molar-refractivity contribution in [3.05, 3.63) is 84.2 Å². The number of amides is 1. The van der Waals surface area contributed by atoms with Gasteiger partial charge in [0.25, 0.3) is 15.9 Å². The van der Waals surface area contributed by atoms with Gasteiger partial charge in [0.1, 0.15) is 0 Å². The molecular formula is C24H25N3O5S. The van der Waals surface area contributed by atoms with Crippen molar-refractivity contribution in [1.82, 2.24) is 14.4 Å². The molecule has 3 aromatic rings. The first-order valence-electron chi connectivity index (χ1n) is 10.5.